The third kappa shape index (κ3) is 7.62. The van der Waals surface area contributed by atoms with Crippen molar-refractivity contribution in [2.45, 2.75) is 6.54 Å². The fraction of sp³-hybridized carbons (Fsp3) is 0.217. The van der Waals surface area contributed by atoms with E-state index in [9.17, 15) is 0 Å². The van der Waals surface area contributed by atoms with Crippen LogP contribution in [-0.2, 0) is 6.54 Å². The molecule has 0 atom stereocenters. The van der Waals surface area contributed by atoms with Crippen LogP contribution < -0.4 is 0 Å². The summed E-state index contributed by atoms with van der Waals surface area (Å²) >= 11 is 0. The number of likely N-dealkylation sites (N-methyl/N-ethyl adjacent to an activating group) is 1. The summed E-state index contributed by atoms with van der Waals surface area (Å²) in [5.74, 6) is 0. The third-order valence-corrected chi connectivity index (χ3v) is 4.01. The van der Waals surface area contributed by atoms with Gasteiger partial charge in [0.1, 0.15) is 13.1 Å². The Morgan fingerprint density at radius 2 is 1.23 bits per heavy atom. The molecule has 0 heterocycles. The van der Waals surface area contributed by atoms with Gasteiger partial charge in [0.25, 0.3) is 0 Å². The van der Waals surface area contributed by atoms with Gasteiger partial charge in [-0.3, -0.25) is 0 Å². The highest BCUT2D eigenvalue weighted by Gasteiger charge is 2.15. The van der Waals surface area contributed by atoms with Crippen molar-refractivity contribution in [3.05, 3.63) is 90.5 Å². The van der Waals surface area contributed by atoms with Gasteiger partial charge in [0.05, 0.1) is 20.7 Å². The van der Waals surface area contributed by atoms with E-state index in [0.717, 1.165) is 28.7 Å². The number of aliphatic hydroxyl groups is 1. The van der Waals surface area contributed by atoms with Gasteiger partial charge in [0.15, 0.2) is 0 Å². The highest BCUT2D eigenvalue weighted by Crippen LogP contribution is 2.15. The molecule has 2 rings (SSSR count). The first-order valence-corrected chi connectivity index (χ1v) is 8.44. The van der Waals surface area contributed by atoms with Gasteiger partial charge < -0.3 is 15.1 Å². The van der Waals surface area contributed by atoms with Crippen LogP contribution in [0.1, 0.15) is 22.3 Å². The summed E-state index contributed by atoms with van der Waals surface area (Å²) in [4.78, 5) is 0. The summed E-state index contributed by atoms with van der Waals surface area (Å²) < 4.78 is 0.793. The lowest BCUT2D eigenvalue weighted by atomic mass is 10.1. The van der Waals surface area contributed by atoms with E-state index in [2.05, 4.69) is 46.0 Å². The molecule has 0 aliphatic heterocycles. The van der Waals surface area contributed by atoms with Gasteiger partial charge in [-0.1, -0.05) is 86.5 Å². The molecule has 0 radical (unpaired) electrons. The van der Waals surface area contributed by atoms with Crippen molar-refractivity contribution in [3.8, 4) is 0 Å². The Kier molecular flexibility index (Phi) is 10.9. The first-order valence-electron chi connectivity index (χ1n) is 8.44. The highest BCUT2D eigenvalue weighted by atomic mass is 16.3. The van der Waals surface area contributed by atoms with E-state index in [0.29, 0.717) is 0 Å². The molecule has 2 N–H and O–H groups in total. The molecule has 0 unspecified atom stereocenters. The van der Waals surface area contributed by atoms with Crippen molar-refractivity contribution in [1.29, 1.82) is 0 Å². The molecule has 0 aromatic heterocycles. The van der Waals surface area contributed by atoms with Crippen LogP contribution in [0, 0.1) is 0 Å². The minimum absolute atomic E-state index is 0. The summed E-state index contributed by atoms with van der Waals surface area (Å²) in [6, 6.07) is 16.3. The average Bonchev–Trinajstić information content (AvgIpc) is 2.62. The van der Waals surface area contributed by atoms with E-state index in [-0.39, 0.29) is 12.1 Å². The van der Waals surface area contributed by atoms with E-state index >= 15 is 0 Å². The quantitative estimate of drug-likeness (QED) is 0.734. The van der Waals surface area contributed by atoms with Crippen LogP contribution in [0.3, 0.4) is 0 Å². The van der Waals surface area contributed by atoms with Crippen molar-refractivity contribution >= 4 is 18.2 Å². The smallest absolute Gasteiger partial charge is 0.105 e. The Balaban J connectivity index is 0.000000497. The van der Waals surface area contributed by atoms with Gasteiger partial charge in [-0.25, -0.2) is 0 Å². The topological polar surface area (TPSA) is 50.2 Å². The molecule has 0 amide bonds. The molecule has 26 heavy (non-hydrogen) atoms. The zero-order valence-corrected chi connectivity index (χ0v) is 15.9. The maximum atomic E-state index is 8.97. The number of aliphatic hydroxyl groups excluding tert-OH is 1. The maximum absolute atomic E-state index is 8.97. The molecule has 0 fully saturated rings. The van der Waals surface area contributed by atoms with Gasteiger partial charge in [-0.05, 0) is 16.7 Å². The lowest BCUT2D eigenvalue weighted by Gasteiger charge is -2.29. The zero-order chi connectivity index (χ0) is 18.7. The van der Waals surface area contributed by atoms with Crippen LogP contribution in [0.25, 0.3) is 18.2 Å². The summed E-state index contributed by atoms with van der Waals surface area (Å²) in [5.41, 5.74) is 4.74. The Bertz CT molecular complexity index is 678. The maximum Gasteiger partial charge on any atom is 0.105 e. The molecule has 0 bridgehead atoms. The molecule has 3 nitrogen and oxygen atoms in total. The number of hydrogen-bond donors (Lipinski definition) is 1. The molecular formula is C23H31NO2. The highest BCUT2D eigenvalue weighted by molar-refractivity contribution is 5.63. The Morgan fingerprint density at radius 3 is 1.65 bits per heavy atom. The standard InChI is InChI=1S/C13H20NO.C10H10.H2O/c1-4-12-7-5-6-8-13(12)11-14(2,3)9-10-15;1-3-9-7-5-6-8-10(9)4-2;/h4-8,15H,1,9-11H2,2-3H3;3-8H,1-2H2;1H2/q+1;;/p-1. The van der Waals surface area contributed by atoms with Gasteiger partial charge in [0, 0.05) is 5.56 Å². The number of rotatable bonds is 7. The fourth-order valence-electron chi connectivity index (χ4n) is 2.57. The third-order valence-electron chi connectivity index (χ3n) is 4.01. The van der Waals surface area contributed by atoms with E-state index in [1.807, 2.05) is 54.6 Å². The summed E-state index contributed by atoms with van der Waals surface area (Å²) in [6.45, 7) is 13.1. The van der Waals surface area contributed by atoms with Crippen molar-refractivity contribution < 1.29 is 15.1 Å². The monoisotopic (exact) mass is 353 g/mol. The largest absolute Gasteiger partial charge is 0.870 e. The molecule has 0 aliphatic carbocycles. The van der Waals surface area contributed by atoms with Crippen molar-refractivity contribution in [1.82, 2.24) is 0 Å². The first-order chi connectivity index (χ1) is 12.0. The van der Waals surface area contributed by atoms with Gasteiger partial charge >= 0.3 is 0 Å². The molecular weight excluding hydrogens is 322 g/mol. The first kappa shape index (κ1) is 23.5. The van der Waals surface area contributed by atoms with Crippen LogP contribution in [0.5, 0.6) is 0 Å². The fourth-order valence-corrected chi connectivity index (χ4v) is 2.57. The predicted octanol–water partition coefficient (Wildman–Crippen LogP) is 4.69. The van der Waals surface area contributed by atoms with E-state index in [1.165, 1.54) is 11.1 Å². The lowest BCUT2D eigenvalue weighted by molar-refractivity contribution is -0.903. The number of nitrogens with zero attached hydrogens (tertiary/aromatic N) is 1. The lowest BCUT2D eigenvalue weighted by Crippen LogP contribution is -2.41. The molecule has 2 aromatic rings. The Morgan fingerprint density at radius 1 is 0.808 bits per heavy atom. The molecule has 3 heteroatoms. The normalized spacial score (nSPS) is 9.96. The van der Waals surface area contributed by atoms with Crippen LogP contribution in [0.2, 0.25) is 0 Å². The molecule has 0 spiro atoms. The predicted molar refractivity (Wildman–Crippen MR) is 113 cm³/mol. The molecule has 2 aromatic carbocycles. The Labute approximate surface area is 158 Å². The second kappa shape index (κ2) is 12.0. The number of hydrogen-bond acceptors (Lipinski definition) is 2. The Hall–Kier alpha value is -2.46. The van der Waals surface area contributed by atoms with Crippen molar-refractivity contribution in [2.24, 2.45) is 0 Å². The van der Waals surface area contributed by atoms with E-state index < -0.39 is 0 Å². The van der Waals surface area contributed by atoms with Crippen LogP contribution >= 0.6 is 0 Å². The van der Waals surface area contributed by atoms with Crippen LogP contribution in [-0.4, -0.2) is 42.3 Å². The molecule has 0 aliphatic rings. The minimum atomic E-state index is 0. The van der Waals surface area contributed by atoms with E-state index in [1.54, 1.807) is 0 Å². The zero-order valence-electron chi connectivity index (χ0n) is 15.9. The summed E-state index contributed by atoms with van der Waals surface area (Å²) in [6.07, 6.45) is 5.54. The van der Waals surface area contributed by atoms with Gasteiger partial charge in [-0.2, -0.15) is 0 Å². The average molecular weight is 354 g/mol. The SMILES string of the molecule is C=Cc1ccccc1C=C.C=Cc1ccccc1C[N+](C)(C)CCO.[OH-]. The number of benzene rings is 2. The second-order valence-corrected chi connectivity index (χ2v) is 6.48. The molecule has 0 saturated heterocycles. The van der Waals surface area contributed by atoms with Crippen molar-refractivity contribution in [3.63, 3.8) is 0 Å². The van der Waals surface area contributed by atoms with Crippen LogP contribution in [0.15, 0.2) is 68.3 Å². The molecule has 0 saturated carbocycles. The second-order valence-electron chi connectivity index (χ2n) is 6.48. The van der Waals surface area contributed by atoms with E-state index in [4.69, 9.17) is 5.11 Å². The molecule has 140 valence electrons. The van der Waals surface area contributed by atoms with Crippen molar-refractivity contribution in [2.75, 3.05) is 27.2 Å². The summed E-state index contributed by atoms with van der Waals surface area (Å²) in [5, 5.41) is 8.97. The minimum Gasteiger partial charge on any atom is -0.870 e. The van der Waals surface area contributed by atoms with Crippen LogP contribution in [0.4, 0.5) is 0 Å². The van der Waals surface area contributed by atoms with Gasteiger partial charge in [0.2, 0.25) is 0 Å². The summed E-state index contributed by atoms with van der Waals surface area (Å²) in [7, 11) is 4.24. The number of quaternary nitrogens is 1. The van der Waals surface area contributed by atoms with Gasteiger partial charge in [-0.15, -0.1) is 0 Å².